The van der Waals surface area contributed by atoms with Crippen LogP contribution in [0.4, 0.5) is 0 Å². The molecule has 0 atom stereocenters. The number of pyridine rings is 2. The van der Waals surface area contributed by atoms with E-state index in [0.29, 0.717) is 28.6 Å². The lowest BCUT2D eigenvalue weighted by atomic mass is 10.1. The lowest BCUT2D eigenvalue weighted by molar-refractivity contribution is -0.129. The number of esters is 2. The van der Waals surface area contributed by atoms with Crippen molar-refractivity contribution in [2.75, 3.05) is 7.11 Å². The molecule has 0 spiro atoms. The summed E-state index contributed by atoms with van der Waals surface area (Å²) in [5, 5.41) is 0.699. The fraction of sp³-hybridized carbons (Fsp3) is 0.333. The van der Waals surface area contributed by atoms with E-state index in [1.165, 1.54) is 7.11 Å². The Hall–Kier alpha value is -3.02. The predicted molar refractivity (Wildman–Crippen MR) is 106 cm³/mol. The molecule has 0 bridgehead atoms. The second kappa shape index (κ2) is 10.9. The highest BCUT2D eigenvalue weighted by Crippen LogP contribution is 2.30. The van der Waals surface area contributed by atoms with Gasteiger partial charge in [0.2, 0.25) is 0 Å². The van der Waals surface area contributed by atoms with Crippen molar-refractivity contribution >= 4 is 22.8 Å². The zero-order valence-corrected chi connectivity index (χ0v) is 16.7. The van der Waals surface area contributed by atoms with Gasteiger partial charge in [-0.2, -0.15) is 0 Å². The Labute approximate surface area is 159 Å². The highest BCUT2D eigenvalue weighted by atomic mass is 16.5. The molecule has 2 rings (SSSR count). The van der Waals surface area contributed by atoms with E-state index < -0.39 is 11.9 Å². The number of aromatic nitrogens is 2. The molecule has 0 aliphatic carbocycles. The van der Waals surface area contributed by atoms with Crippen LogP contribution >= 0.6 is 0 Å². The standard InChI is InChI=1S/C19H20N2O4.C2H6/c1-5-8-13(9-6-2)18(22)25-17-15-14(10-7-11-20-15)12(3)21-16(17)19(23)24-4;1-2/h5,7-11H,6H2,1-4H3;1-2H3/b8-5-,13-9+;. The number of hydrogen-bond acceptors (Lipinski definition) is 6. The Morgan fingerprint density at radius 1 is 1.26 bits per heavy atom. The molecule has 2 aromatic rings. The van der Waals surface area contributed by atoms with Gasteiger partial charge in [0.1, 0.15) is 5.52 Å². The molecule has 2 heterocycles. The van der Waals surface area contributed by atoms with Gasteiger partial charge < -0.3 is 9.47 Å². The summed E-state index contributed by atoms with van der Waals surface area (Å²) in [4.78, 5) is 33.1. The van der Waals surface area contributed by atoms with Gasteiger partial charge in [0.15, 0.2) is 11.4 Å². The zero-order chi connectivity index (χ0) is 20.4. The van der Waals surface area contributed by atoms with Gasteiger partial charge in [0, 0.05) is 17.3 Å². The van der Waals surface area contributed by atoms with Gasteiger partial charge in [-0.3, -0.25) is 4.98 Å². The van der Waals surface area contributed by atoms with Crippen LogP contribution in [-0.4, -0.2) is 29.0 Å². The molecule has 0 unspecified atom stereocenters. The molecule has 0 saturated carbocycles. The molecular weight excluding hydrogens is 344 g/mol. The second-order valence-corrected chi connectivity index (χ2v) is 5.22. The Balaban J connectivity index is 0.00000176. The number of aryl methyl sites for hydroxylation is 1. The third kappa shape index (κ3) is 5.23. The van der Waals surface area contributed by atoms with Crippen LogP contribution in [0.1, 0.15) is 50.3 Å². The number of rotatable bonds is 5. The van der Waals surface area contributed by atoms with Crippen molar-refractivity contribution < 1.29 is 19.1 Å². The minimum atomic E-state index is -0.689. The van der Waals surface area contributed by atoms with Gasteiger partial charge in [-0.05, 0) is 32.4 Å². The maximum absolute atomic E-state index is 12.5. The first-order chi connectivity index (χ1) is 13.0. The van der Waals surface area contributed by atoms with Gasteiger partial charge >= 0.3 is 11.9 Å². The lowest BCUT2D eigenvalue weighted by Gasteiger charge is -2.12. The molecule has 0 aliphatic heterocycles. The summed E-state index contributed by atoms with van der Waals surface area (Å²) >= 11 is 0. The number of hydrogen-bond donors (Lipinski definition) is 0. The van der Waals surface area contributed by atoms with Crippen molar-refractivity contribution in [3.63, 3.8) is 0 Å². The van der Waals surface area contributed by atoms with E-state index in [1.807, 2.05) is 20.8 Å². The minimum Gasteiger partial charge on any atom is -0.464 e. The summed E-state index contributed by atoms with van der Waals surface area (Å²) < 4.78 is 10.3. The van der Waals surface area contributed by atoms with E-state index in [1.54, 1.807) is 50.4 Å². The first-order valence-corrected chi connectivity index (χ1v) is 8.92. The van der Waals surface area contributed by atoms with Crippen LogP contribution in [0.25, 0.3) is 10.9 Å². The van der Waals surface area contributed by atoms with Crippen LogP contribution in [0.15, 0.2) is 42.1 Å². The topological polar surface area (TPSA) is 78.4 Å². The summed E-state index contributed by atoms with van der Waals surface area (Å²) in [5.74, 6) is -1.27. The van der Waals surface area contributed by atoms with Gasteiger partial charge in [-0.15, -0.1) is 0 Å². The summed E-state index contributed by atoms with van der Waals surface area (Å²) in [5.41, 5.74) is 1.31. The highest BCUT2D eigenvalue weighted by Gasteiger charge is 2.24. The number of methoxy groups -OCH3 is 1. The molecule has 27 heavy (non-hydrogen) atoms. The second-order valence-electron chi connectivity index (χ2n) is 5.22. The molecule has 144 valence electrons. The van der Waals surface area contributed by atoms with E-state index in [2.05, 4.69) is 9.97 Å². The Morgan fingerprint density at radius 2 is 1.96 bits per heavy atom. The summed E-state index contributed by atoms with van der Waals surface area (Å²) in [6.45, 7) is 9.48. The lowest BCUT2D eigenvalue weighted by Crippen LogP contribution is -2.16. The van der Waals surface area contributed by atoms with Crippen molar-refractivity contribution in [3.8, 4) is 5.75 Å². The van der Waals surface area contributed by atoms with Gasteiger partial charge in [0.05, 0.1) is 12.7 Å². The van der Waals surface area contributed by atoms with E-state index in [-0.39, 0.29) is 11.4 Å². The Bertz CT molecular complexity index is 870. The minimum absolute atomic E-state index is 0.00422. The van der Waals surface area contributed by atoms with Crippen molar-refractivity contribution in [2.24, 2.45) is 0 Å². The molecule has 0 aliphatic rings. The van der Waals surface area contributed by atoms with Crippen molar-refractivity contribution in [3.05, 3.63) is 53.5 Å². The molecule has 6 nitrogen and oxygen atoms in total. The van der Waals surface area contributed by atoms with Crippen LogP contribution < -0.4 is 4.74 Å². The van der Waals surface area contributed by atoms with Crippen LogP contribution in [0.2, 0.25) is 0 Å². The predicted octanol–water partition coefficient (Wildman–Crippen LogP) is 4.57. The average Bonchev–Trinajstić information content (AvgIpc) is 2.70. The quantitative estimate of drug-likeness (QED) is 0.436. The highest BCUT2D eigenvalue weighted by molar-refractivity contribution is 6.02. The van der Waals surface area contributed by atoms with Gasteiger partial charge in [0.25, 0.3) is 0 Å². The normalized spacial score (nSPS) is 11.1. The molecule has 0 aromatic carbocycles. The van der Waals surface area contributed by atoms with Gasteiger partial charge in [-0.1, -0.05) is 39.0 Å². The van der Waals surface area contributed by atoms with E-state index in [4.69, 9.17) is 9.47 Å². The third-order valence-corrected chi connectivity index (χ3v) is 3.49. The zero-order valence-electron chi connectivity index (χ0n) is 16.7. The Morgan fingerprint density at radius 3 is 2.56 bits per heavy atom. The molecule has 0 saturated heterocycles. The van der Waals surface area contributed by atoms with E-state index in [9.17, 15) is 9.59 Å². The van der Waals surface area contributed by atoms with Crippen LogP contribution in [0.3, 0.4) is 0 Å². The smallest absolute Gasteiger partial charge is 0.360 e. The summed E-state index contributed by atoms with van der Waals surface area (Å²) in [7, 11) is 1.25. The largest absolute Gasteiger partial charge is 0.464 e. The number of fused-ring (bicyclic) bond motifs is 1. The molecule has 0 radical (unpaired) electrons. The number of carbonyl (C=O) groups is 2. The SMILES string of the molecule is C/C=C\C(=C/CC)C(=O)Oc1c(C(=O)OC)nc(C)c2cccnc12.CC. The molecule has 0 fully saturated rings. The number of ether oxygens (including phenoxy) is 2. The van der Waals surface area contributed by atoms with Crippen molar-refractivity contribution in [1.29, 1.82) is 0 Å². The maximum Gasteiger partial charge on any atom is 0.360 e. The third-order valence-electron chi connectivity index (χ3n) is 3.49. The first kappa shape index (κ1) is 22.0. The van der Waals surface area contributed by atoms with Gasteiger partial charge in [-0.25, -0.2) is 14.6 Å². The Kier molecular flexibility index (Phi) is 8.85. The number of nitrogens with zero attached hydrogens (tertiary/aromatic N) is 2. The number of allylic oxidation sites excluding steroid dienone is 2. The van der Waals surface area contributed by atoms with Crippen LogP contribution in [0, 0.1) is 6.92 Å². The van der Waals surface area contributed by atoms with E-state index >= 15 is 0 Å². The average molecular weight is 370 g/mol. The maximum atomic E-state index is 12.5. The molecule has 6 heteroatoms. The van der Waals surface area contributed by atoms with E-state index in [0.717, 1.165) is 0 Å². The fourth-order valence-corrected chi connectivity index (χ4v) is 2.37. The summed E-state index contributed by atoms with van der Waals surface area (Å²) in [6.07, 6.45) is 7.38. The first-order valence-electron chi connectivity index (χ1n) is 8.92. The number of carbonyl (C=O) groups excluding carboxylic acids is 2. The fourth-order valence-electron chi connectivity index (χ4n) is 2.37. The van der Waals surface area contributed by atoms with Crippen LogP contribution in [0.5, 0.6) is 5.75 Å². The molecule has 0 N–H and O–H groups in total. The molecule has 0 amide bonds. The van der Waals surface area contributed by atoms with Crippen LogP contribution in [-0.2, 0) is 9.53 Å². The van der Waals surface area contributed by atoms with Crippen molar-refractivity contribution in [2.45, 2.75) is 41.0 Å². The van der Waals surface area contributed by atoms with Crippen molar-refractivity contribution in [1.82, 2.24) is 9.97 Å². The monoisotopic (exact) mass is 370 g/mol. The molecule has 2 aromatic heterocycles. The summed E-state index contributed by atoms with van der Waals surface area (Å²) in [6, 6.07) is 3.56. The molecular formula is C21H26N2O4.